The number of halogens is 17. The molecule has 0 aromatic heterocycles. The zero-order valence-corrected chi connectivity index (χ0v) is 13.4. The monoisotopic (exact) mass is 494 g/mol. The molecule has 0 aliphatic rings. The second-order valence-corrected chi connectivity index (χ2v) is 5.72. The van der Waals surface area contributed by atoms with Crippen molar-refractivity contribution < 1.29 is 79.4 Å². The van der Waals surface area contributed by atoms with Crippen molar-refractivity contribution >= 4 is 17.7 Å². The van der Waals surface area contributed by atoms with Gasteiger partial charge in [0.2, 0.25) is 0 Å². The first-order chi connectivity index (χ1) is 12.2. The van der Waals surface area contributed by atoms with Crippen LogP contribution in [0.2, 0.25) is 0 Å². The molecule has 0 saturated heterocycles. The number of alkyl halides is 17. The van der Waals surface area contributed by atoms with Crippen molar-refractivity contribution in [2.24, 2.45) is 0 Å². The van der Waals surface area contributed by atoms with Gasteiger partial charge in [0.05, 0.1) is 6.42 Å². The van der Waals surface area contributed by atoms with Crippen LogP contribution in [0.25, 0.3) is 0 Å². The molecule has 0 rings (SSSR count). The molecule has 0 saturated carbocycles. The third-order valence-electron chi connectivity index (χ3n) is 3.16. The molecule has 0 radical (unpaired) electrons. The highest BCUT2D eigenvalue weighted by Crippen LogP contribution is 2.64. The van der Waals surface area contributed by atoms with Crippen LogP contribution < -0.4 is 0 Å². The van der Waals surface area contributed by atoms with Crippen LogP contribution in [-0.2, 0) is 4.79 Å². The Morgan fingerprint density at radius 3 is 0.966 bits per heavy atom. The van der Waals surface area contributed by atoms with E-state index in [1.807, 2.05) is 0 Å². The highest BCUT2D eigenvalue weighted by Gasteiger charge is 2.95. The van der Waals surface area contributed by atoms with Gasteiger partial charge in [0, 0.05) is 0 Å². The van der Waals surface area contributed by atoms with E-state index in [4.69, 9.17) is 0 Å². The minimum atomic E-state index is -8.67. The summed E-state index contributed by atoms with van der Waals surface area (Å²) >= 11 is 2.39. The first kappa shape index (κ1) is 27.8. The van der Waals surface area contributed by atoms with E-state index in [2.05, 4.69) is 12.6 Å². The number of hydrogen-bond acceptors (Lipinski definition) is 1. The van der Waals surface area contributed by atoms with Gasteiger partial charge in [0.15, 0.2) is 5.12 Å². The van der Waals surface area contributed by atoms with Gasteiger partial charge in [-0.2, -0.15) is 74.6 Å². The zero-order chi connectivity index (χ0) is 24.3. The maximum atomic E-state index is 13.2. The lowest BCUT2D eigenvalue weighted by Crippen LogP contribution is -2.74. The molecule has 0 amide bonds. The van der Waals surface area contributed by atoms with Crippen molar-refractivity contribution in [3.63, 3.8) is 0 Å². The Kier molecular flexibility index (Phi) is 6.65. The smallest absolute Gasteiger partial charge is 0.287 e. The zero-order valence-electron chi connectivity index (χ0n) is 12.5. The molecular formula is C10H3F17OS. The summed E-state index contributed by atoms with van der Waals surface area (Å²) in [4.78, 5) is 10.2. The first-order valence-electron chi connectivity index (χ1n) is 6.10. The van der Waals surface area contributed by atoms with Crippen molar-refractivity contribution in [2.75, 3.05) is 0 Å². The summed E-state index contributed by atoms with van der Waals surface area (Å²) in [6, 6.07) is 0. The van der Waals surface area contributed by atoms with E-state index in [9.17, 15) is 79.4 Å². The third kappa shape index (κ3) is 3.70. The lowest BCUT2D eigenvalue weighted by atomic mass is 9.88. The fourth-order valence-electron chi connectivity index (χ4n) is 1.50. The minimum absolute atomic E-state index is 2.39. The molecule has 0 spiro atoms. The van der Waals surface area contributed by atoms with Crippen LogP contribution in [-0.4, -0.2) is 52.7 Å². The van der Waals surface area contributed by atoms with Gasteiger partial charge >= 0.3 is 47.6 Å². The molecule has 0 heterocycles. The van der Waals surface area contributed by atoms with E-state index in [-0.39, 0.29) is 0 Å². The van der Waals surface area contributed by atoms with Crippen LogP contribution in [0.1, 0.15) is 6.42 Å². The van der Waals surface area contributed by atoms with Crippen molar-refractivity contribution in [1.82, 2.24) is 0 Å². The predicted molar refractivity (Wildman–Crippen MR) is 59.3 cm³/mol. The number of rotatable bonds is 8. The van der Waals surface area contributed by atoms with Gasteiger partial charge in [-0.3, -0.25) is 4.79 Å². The van der Waals surface area contributed by atoms with Gasteiger partial charge in [-0.05, 0) is 0 Å². The molecule has 174 valence electrons. The fourth-order valence-corrected chi connectivity index (χ4v) is 1.70. The second kappa shape index (κ2) is 6.93. The van der Waals surface area contributed by atoms with E-state index in [1.54, 1.807) is 0 Å². The van der Waals surface area contributed by atoms with Crippen LogP contribution in [0.4, 0.5) is 74.6 Å². The molecule has 1 nitrogen and oxygen atoms in total. The average Bonchev–Trinajstić information content (AvgIpc) is 2.43. The maximum absolute atomic E-state index is 13.2. The van der Waals surface area contributed by atoms with E-state index in [1.165, 1.54) is 0 Å². The highest BCUT2D eigenvalue weighted by molar-refractivity contribution is 7.96. The molecule has 0 N–H and O–H groups in total. The Morgan fingerprint density at radius 1 is 0.483 bits per heavy atom. The van der Waals surface area contributed by atoms with E-state index in [0.29, 0.717) is 0 Å². The second-order valence-electron chi connectivity index (χ2n) is 5.22. The Bertz CT molecular complexity index is 633. The molecule has 29 heavy (non-hydrogen) atoms. The first-order valence-corrected chi connectivity index (χ1v) is 6.54. The summed E-state index contributed by atoms with van der Waals surface area (Å²) in [6.07, 6.45) is -11.0. The quantitative estimate of drug-likeness (QED) is 0.332. The molecule has 0 fully saturated rings. The summed E-state index contributed by atoms with van der Waals surface area (Å²) in [5.74, 6) is -57.0. The van der Waals surface area contributed by atoms with Gasteiger partial charge in [0.25, 0.3) is 0 Å². The van der Waals surface area contributed by atoms with E-state index >= 15 is 0 Å². The largest absolute Gasteiger partial charge is 0.460 e. The molecule has 0 unspecified atom stereocenters. The fraction of sp³-hybridized carbons (Fsp3) is 0.900. The molecule has 0 atom stereocenters. The van der Waals surface area contributed by atoms with Crippen molar-refractivity contribution in [3.8, 4) is 0 Å². The topological polar surface area (TPSA) is 17.1 Å². The van der Waals surface area contributed by atoms with E-state index < -0.39 is 59.2 Å². The van der Waals surface area contributed by atoms with Crippen LogP contribution in [0, 0.1) is 0 Å². The summed E-state index contributed by atoms with van der Waals surface area (Å²) in [6.45, 7) is 0. The van der Waals surface area contributed by atoms with Gasteiger partial charge in [0.1, 0.15) is 0 Å². The standard InChI is InChI=1S/C10H3F17OS/c11-3(12,1-2(28)29)4(13,14)5(15,16)6(17,18)7(19,20)8(21,22)9(23,24)10(25,26)27/h1H2,(H,28,29). The van der Waals surface area contributed by atoms with E-state index in [0.717, 1.165) is 0 Å². The molecule has 0 aliphatic heterocycles. The SMILES string of the molecule is O=C(S)CC(F)(F)C(F)(F)C(F)(F)C(F)(F)C(F)(F)C(F)(F)C(F)(F)C(F)(F)F. The van der Waals surface area contributed by atoms with Gasteiger partial charge < -0.3 is 0 Å². The minimum Gasteiger partial charge on any atom is -0.287 e. The number of thiol groups is 1. The highest BCUT2D eigenvalue weighted by atomic mass is 32.1. The summed E-state index contributed by atoms with van der Waals surface area (Å²) in [7, 11) is 0. The molecule has 0 aliphatic carbocycles. The Balaban J connectivity index is 6.69. The Morgan fingerprint density at radius 2 is 0.724 bits per heavy atom. The van der Waals surface area contributed by atoms with Crippen molar-refractivity contribution in [1.29, 1.82) is 0 Å². The molecule has 0 aromatic rings. The number of carbonyl (C=O) groups excluding carboxylic acids is 1. The Hall–Kier alpha value is -1.17. The lowest BCUT2D eigenvalue weighted by Gasteiger charge is -2.42. The molecule has 0 aromatic carbocycles. The predicted octanol–water partition coefficient (Wildman–Crippen LogP) is 5.84. The molecular weight excluding hydrogens is 491 g/mol. The van der Waals surface area contributed by atoms with Crippen LogP contribution in [0.3, 0.4) is 0 Å². The van der Waals surface area contributed by atoms with Gasteiger partial charge in [-0.1, -0.05) is 0 Å². The number of carbonyl (C=O) groups is 1. The lowest BCUT2D eigenvalue weighted by molar-refractivity contribution is -0.461. The summed E-state index contributed by atoms with van der Waals surface area (Å²) in [5, 5.41) is -2.44. The van der Waals surface area contributed by atoms with Crippen LogP contribution in [0.15, 0.2) is 0 Å². The normalized spacial score (nSPS) is 16.2. The third-order valence-corrected chi connectivity index (χ3v) is 3.32. The van der Waals surface area contributed by atoms with Gasteiger partial charge in [-0.15, -0.1) is 12.6 Å². The Labute approximate surface area is 152 Å². The molecule has 0 bridgehead atoms. The summed E-state index contributed by atoms with van der Waals surface area (Å²) < 4.78 is 217. The van der Waals surface area contributed by atoms with Gasteiger partial charge in [-0.25, -0.2) is 0 Å². The van der Waals surface area contributed by atoms with Crippen molar-refractivity contribution in [2.45, 2.75) is 54.1 Å². The van der Waals surface area contributed by atoms with Crippen LogP contribution in [0.5, 0.6) is 0 Å². The average molecular weight is 494 g/mol. The number of hydrogen-bond donors (Lipinski definition) is 1. The van der Waals surface area contributed by atoms with Crippen molar-refractivity contribution in [3.05, 3.63) is 0 Å². The van der Waals surface area contributed by atoms with Crippen LogP contribution >= 0.6 is 12.6 Å². The molecule has 19 heteroatoms. The maximum Gasteiger partial charge on any atom is 0.460 e. The summed E-state index contributed by atoms with van der Waals surface area (Å²) in [5.41, 5.74) is 0.